The standard InChI is InChI=1S/C20H25N3O7S2/c1-5-30-19(25)17-12(2)21-20(31-17)22-18(24)14-7-6-10-23(14)32(26,27)13-8-9-15(28-3)16(11-13)29-4/h8-9,11,14H,5-7,10H2,1-4H3,(H,21,22,24). The van der Waals surface area contributed by atoms with Crippen LogP contribution in [0.2, 0.25) is 0 Å². The molecule has 1 amide bonds. The van der Waals surface area contributed by atoms with Crippen LogP contribution in [-0.2, 0) is 19.6 Å². The summed E-state index contributed by atoms with van der Waals surface area (Å²) in [6.45, 7) is 3.77. The van der Waals surface area contributed by atoms with E-state index in [0.29, 0.717) is 29.2 Å². The van der Waals surface area contributed by atoms with Crippen molar-refractivity contribution in [1.82, 2.24) is 9.29 Å². The fourth-order valence-electron chi connectivity index (χ4n) is 3.43. The molecular formula is C20H25N3O7S2. The third kappa shape index (κ3) is 4.71. The van der Waals surface area contributed by atoms with E-state index in [-0.39, 0.29) is 28.9 Å². The van der Waals surface area contributed by atoms with E-state index in [1.54, 1.807) is 13.8 Å². The SMILES string of the molecule is CCOC(=O)c1sc(NC(=O)C2CCCN2S(=O)(=O)c2ccc(OC)c(OC)c2)nc1C. The summed E-state index contributed by atoms with van der Waals surface area (Å²) in [5.41, 5.74) is 0.435. The maximum Gasteiger partial charge on any atom is 0.350 e. The van der Waals surface area contributed by atoms with Crippen molar-refractivity contribution in [2.75, 3.05) is 32.7 Å². The molecule has 1 saturated heterocycles. The molecule has 1 aliphatic rings. The lowest BCUT2D eigenvalue weighted by atomic mass is 10.2. The number of aromatic nitrogens is 1. The molecule has 2 aromatic rings. The van der Waals surface area contributed by atoms with Crippen LogP contribution in [0.5, 0.6) is 11.5 Å². The van der Waals surface area contributed by atoms with Gasteiger partial charge >= 0.3 is 5.97 Å². The van der Waals surface area contributed by atoms with Gasteiger partial charge in [0.15, 0.2) is 16.6 Å². The third-order valence-corrected chi connectivity index (χ3v) is 7.91. The number of carbonyl (C=O) groups is 2. The van der Waals surface area contributed by atoms with Crippen molar-refractivity contribution in [1.29, 1.82) is 0 Å². The smallest absolute Gasteiger partial charge is 0.350 e. The molecule has 12 heteroatoms. The number of benzene rings is 1. The topological polar surface area (TPSA) is 124 Å². The van der Waals surface area contributed by atoms with Gasteiger partial charge in [-0.25, -0.2) is 18.2 Å². The summed E-state index contributed by atoms with van der Waals surface area (Å²) in [5.74, 6) is -0.338. The predicted octanol–water partition coefficient (Wildman–Crippen LogP) is 2.44. The molecule has 0 saturated carbocycles. The molecule has 32 heavy (non-hydrogen) atoms. The number of esters is 1. The van der Waals surface area contributed by atoms with Gasteiger partial charge in [-0.05, 0) is 38.8 Å². The van der Waals surface area contributed by atoms with Gasteiger partial charge in [0, 0.05) is 12.6 Å². The molecule has 1 aliphatic heterocycles. The van der Waals surface area contributed by atoms with Crippen LogP contribution < -0.4 is 14.8 Å². The van der Waals surface area contributed by atoms with Crippen LogP contribution >= 0.6 is 11.3 Å². The number of ether oxygens (including phenoxy) is 3. The highest BCUT2D eigenvalue weighted by atomic mass is 32.2. The number of sulfonamides is 1. The maximum absolute atomic E-state index is 13.3. The number of rotatable bonds is 8. The molecule has 1 aromatic carbocycles. The van der Waals surface area contributed by atoms with Crippen molar-refractivity contribution >= 4 is 38.4 Å². The van der Waals surface area contributed by atoms with Crippen molar-refractivity contribution in [3.8, 4) is 11.5 Å². The summed E-state index contributed by atoms with van der Waals surface area (Å²) in [7, 11) is -1.08. The summed E-state index contributed by atoms with van der Waals surface area (Å²) >= 11 is 0.993. The Morgan fingerprint density at radius 1 is 1.25 bits per heavy atom. The Morgan fingerprint density at radius 3 is 2.62 bits per heavy atom. The van der Waals surface area contributed by atoms with Gasteiger partial charge in [-0.15, -0.1) is 0 Å². The van der Waals surface area contributed by atoms with Gasteiger partial charge in [0.25, 0.3) is 0 Å². The first-order chi connectivity index (χ1) is 15.2. The molecule has 1 fully saturated rings. The first kappa shape index (κ1) is 24.0. The molecule has 0 aliphatic carbocycles. The summed E-state index contributed by atoms with van der Waals surface area (Å²) in [4.78, 5) is 29.4. The zero-order valence-corrected chi connectivity index (χ0v) is 19.8. The lowest BCUT2D eigenvalue weighted by Gasteiger charge is -2.23. The number of anilines is 1. The van der Waals surface area contributed by atoms with Crippen LogP contribution in [0, 0.1) is 6.92 Å². The summed E-state index contributed by atoms with van der Waals surface area (Å²) in [6.07, 6.45) is 0.906. The number of methoxy groups -OCH3 is 2. The number of carbonyl (C=O) groups excluding carboxylic acids is 2. The first-order valence-electron chi connectivity index (χ1n) is 9.92. The molecule has 0 spiro atoms. The molecule has 0 bridgehead atoms. The molecule has 3 rings (SSSR count). The van der Waals surface area contributed by atoms with Gasteiger partial charge in [0.05, 0.1) is 31.4 Å². The second-order valence-corrected chi connectivity index (χ2v) is 9.82. The Labute approximate surface area is 190 Å². The van der Waals surface area contributed by atoms with Gasteiger partial charge in [-0.1, -0.05) is 11.3 Å². The fourth-order valence-corrected chi connectivity index (χ4v) is 5.96. The number of thiazole rings is 1. The highest BCUT2D eigenvalue weighted by Crippen LogP contribution is 2.33. The summed E-state index contributed by atoms with van der Waals surface area (Å²) in [6, 6.07) is 3.40. The molecule has 174 valence electrons. The molecule has 0 radical (unpaired) electrons. The summed E-state index contributed by atoms with van der Waals surface area (Å²) < 4.78 is 43.1. The minimum absolute atomic E-state index is 0.00420. The van der Waals surface area contributed by atoms with Gasteiger partial charge in [-0.3, -0.25) is 4.79 Å². The Hall–Kier alpha value is -2.70. The molecule has 1 atom stereocenters. The number of nitrogens with one attached hydrogen (secondary N) is 1. The zero-order valence-electron chi connectivity index (χ0n) is 18.2. The Kier molecular flexibility index (Phi) is 7.36. The zero-order chi connectivity index (χ0) is 23.5. The van der Waals surface area contributed by atoms with Crippen LogP contribution in [0.4, 0.5) is 5.13 Å². The van der Waals surface area contributed by atoms with Crippen molar-refractivity contribution in [2.45, 2.75) is 37.6 Å². The molecule has 10 nitrogen and oxygen atoms in total. The fraction of sp³-hybridized carbons (Fsp3) is 0.450. The normalized spacial score (nSPS) is 16.6. The van der Waals surface area contributed by atoms with E-state index < -0.39 is 27.9 Å². The van der Waals surface area contributed by atoms with E-state index in [1.165, 1.54) is 36.7 Å². The van der Waals surface area contributed by atoms with Crippen molar-refractivity contribution in [3.63, 3.8) is 0 Å². The average Bonchev–Trinajstić information content (AvgIpc) is 3.40. The number of hydrogen-bond donors (Lipinski definition) is 1. The van der Waals surface area contributed by atoms with Crippen molar-refractivity contribution < 1.29 is 32.2 Å². The minimum atomic E-state index is -3.96. The van der Waals surface area contributed by atoms with Crippen LogP contribution in [-0.4, -0.2) is 63.0 Å². The largest absolute Gasteiger partial charge is 0.493 e. The lowest BCUT2D eigenvalue weighted by Crippen LogP contribution is -2.43. The highest BCUT2D eigenvalue weighted by molar-refractivity contribution is 7.89. The third-order valence-electron chi connectivity index (χ3n) is 4.96. The monoisotopic (exact) mass is 483 g/mol. The highest BCUT2D eigenvalue weighted by Gasteiger charge is 2.40. The number of aryl methyl sites for hydroxylation is 1. The average molecular weight is 484 g/mol. The molecule has 1 unspecified atom stereocenters. The number of amides is 1. The van der Waals surface area contributed by atoms with Crippen molar-refractivity contribution in [2.24, 2.45) is 0 Å². The molecule has 1 aromatic heterocycles. The van der Waals surface area contributed by atoms with Crippen LogP contribution in [0.25, 0.3) is 0 Å². The minimum Gasteiger partial charge on any atom is -0.493 e. The quantitative estimate of drug-likeness (QED) is 0.568. The number of nitrogens with zero attached hydrogens (tertiary/aromatic N) is 2. The Bertz CT molecular complexity index is 1110. The molecule has 1 N–H and O–H groups in total. The van der Waals surface area contributed by atoms with E-state index in [2.05, 4.69) is 10.3 Å². The van der Waals surface area contributed by atoms with E-state index in [9.17, 15) is 18.0 Å². The Morgan fingerprint density at radius 2 is 1.97 bits per heavy atom. The second-order valence-electron chi connectivity index (χ2n) is 6.93. The van der Waals surface area contributed by atoms with Gasteiger partial charge < -0.3 is 19.5 Å². The van der Waals surface area contributed by atoms with Gasteiger partial charge in [0.2, 0.25) is 15.9 Å². The maximum atomic E-state index is 13.3. The summed E-state index contributed by atoms with van der Waals surface area (Å²) in [5, 5.41) is 2.86. The van der Waals surface area contributed by atoms with Gasteiger partial charge in [0.1, 0.15) is 10.9 Å². The molecular weight excluding hydrogens is 458 g/mol. The number of hydrogen-bond acceptors (Lipinski definition) is 9. The van der Waals surface area contributed by atoms with E-state index in [1.807, 2.05) is 0 Å². The lowest BCUT2D eigenvalue weighted by molar-refractivity contribution is -0.119. The molecule has 2 heterocycles. The van der Waals surface area contributed by atoms with Gasteiger partial charge in [-0.2, -0.15) is 4.31 Å². The Balaban J connectivity index is 1.81. The van der Waals surface area contributed by atoms with E-state index in [4.69, 9.17) is 14.2 Å². The van der Waals surface area contributed by atoms with E-state index in [0.717, 1.165) is 11.3 Å². The van der Waals surface area contributed by atoms with Crippen LogP contribution in [0.15, 0.2) is 23.1 Å². The second kappa shape index (κ2) is 9.84. The van der Waals surface area contributed by atoms with E-state index >= 15 is 0 Å². The van der Waals surface area contributed by atoms with Crippen LogP contribution in [0.1, 0.15) is 35.1 Å². The first-order valence-corrected chi connectivity index (χ1v) is 12.2. The van der Waals surface area contributed by atoms with Crippen LogP contribution in [0.3, 0.4) is 0 Å². The van der Waals surface area contributed by atoms with Crippen molar-refractivity contribution in [3.05, 3.63) is 28.8 Å². The predicted molar refractivity (Wildman–Crippen MR) is 118 cm³/mol.